The molecule has 0 aromatic rings. The molecule has 126 heavy (non-hydrogen) atoms. The number of methoxy groups -OCH3 is 3. The number of carbonyl (C=O) groups is 7. The summed E-state index contributed by atoms with van der Waals surface area (Å²) in [6.07, 6.45) is 2.06. The molecule has 0 aromatic heterocycles. The van der Waals surface area contributed by atoms with Crippen LogP contribution in [-0.2, 0) is 180 Å². The summed E-state index contributed by atoms with van der Waals surface area (Å²) in [5.74, 6) is -2.61. The highest BCUT2D eigenvalue weighted by molar-refractivity contribution is 6.13. The van der Waals surface area contributed by atoms with Gasteiger partial charge >= 0.3 is 0 Å². The minimum absolute atomic E-state index is 0.00341. The molecule has 5 N–H and O–H groups in total. The molecule has 44 heteroatoms. The zero-order valence-corrected chi connectivity index (χ0v) is 75.4. The summed E-state index contributed by atoms with van der Waals surface area (Å²) in [5.41, 5.74) is -1.40. The maximum atomic E-state index is 13.9. The van der Waals surface area contributed by atoms with E-state index in [-0.39, 0.29) is 201 Å². The molecule has 740 valence electrons. The van der Waals surface area contributed by atoms with Gasteiger partial charge in [0.05, 0.1) is 390 Å². The van der Waals surface area contributed by atoms with Crippen molar-refractivity contribution in [1.29, 1.82) is 0 Å². The predicted octanol–water partition coefficient (Wildman–Crippen LogP) is -2.41. The van der Waals surface area contributed by atoms with E-state index in [1.54, 1.807) is 21.3 Å². The third-order valence-electron chi connectivity index (χ3n) is 16.3. The van der Waals surface area contributed by atoms with E-state index in [1.807, 2.05) is 0 Å². The fraction of sp³-hybridized carbons (Fsp3) is 0.890. The zero-order valence-electron chi connectivity index (χ0n) is 75.4. The van der Waals surface area contributed by atoms with Crippen molar-refractivity contribution in [3.05, 3.63) is 12.2 Å². The van der Waals surface area contributed by atoms with Crippen LogP contribution in [0.5, 0.6) is 0 Å². The second-order valence-corrected chi connectivity index (χ2v) is 26.6. The van der Waals surface area contributed by atoms with E-state index in [1.165, 1.54) is 12.2 Å². The minimum Gasteiger partial charge on any atom is -0.382 e. The normalized spacial score (nSPS) is 12.2. The van der Waals surface area contributed by atoms with Crippen LogP contribution < -0.4 is 26.6 Å². The maximum Gasteiger partial charge on any atom is 0.253 e. The lowest BCUT2D eigenvalue weighted by Crippen LogP contribution is -2.59. The van der Waals surface area contributed by atoms with E-state index in [0.717, 1.165) is 4.90 Å². The molecule has 0 fully saturated rings. The molecule has 0 aliphatic carbocycles. The Morgan fingerprint density at radius 3 is 0.571 bits per heavy atom. The smallest absolute Gasteiger partial charge is 0.253 e. The van der Waals surface area contributed by atoms with E-state index in [0.29, 0.717) is 277 Å². The van der Waals surface area contributed by atoms with E-state index >= 15 is 0 Å². The number of nitrogens with one attached hydrogen (secondary N) is 5. The standard InChI is InChI=1S/C82H154N6O38/c1-96-24-27-104-40-43-112-54-57-118-66-69-121-63-60-115-51-48-109-37-32-101-21-12-84-76(90)7-17-124-72-82(87-79(93)10-16-99-30-35-107-46-47-108-36-31-100-20-11-83-75(89)6-15-88-80(94)4-5-81(88)95,73-125-18-8-77(91)85-13-22-102-33-38-110-49-52-116-61-64-122-70-67-119-58-55-113-44-41-105-28-25-97-2)74-126-19-9-78(92)86-14-23-103-34-39-111-50-53-117-62-65-123-71-68-120-59-56-114-45-42-106-29-26-98-3/h4-5H,6-74H2,1-3H3,(H,83,89)(H,84,90)(H,85,91)(H,86,92)(H,87,93). The van der Waals surface area contributed by atoms with Crippen molar-refractivity contribution < 1.29 is 180 Å². The summed E-state index contributed by atoms with van der Waals surface area (Å²) in [6.45, 7) is 20.7. The summed E-state index contributed by atoms with van der Waals surface area (Å²) in [5, 5.41) is 14.1. The van der Waals surface area contributed by atoms with Gasteiger partial charge in [0.1, 0.15) is 5.54 Å². The average molecular weight is 1830 g/mol. The van der Waals surface area contributed by atoms with Gasteiger partial charge in [-0.25, -0.2) is 0 Å². The van der Waals surface area contributed by atoms with Crippen molar-refractivity contribution in [2.45, 2.75) is 37.6 Å². The number of imide groups is 1. The Bertz CT molecular complexity index is 2280. The summed E-state index contributed by atoms with van der Waals surface area (Å²) in [4.78, 5) is 89.4. The first-order valence-corrected chi connectivity index (χ1v) is 43.6. The first-order chi connectivity index (χ1) is 62.1. The highest BCUT2D eigenvalue weighted by atomic mass is 16.6. The highest BCUT2D eigenvalue weighted by Crippen LogP contribution is 2.12. The van der Waals surface area contributed by atoms with Crippen LogP contribution in [0.15, 0.2) is 12.2 Å². The number of hydrogen-bond acceptors (Lipinski definition) is 38. The van der Waals surface area contributed by atoms with Gasteiger partial charge in [-0.2, -0.15) is 0 Å². The Balaban J connectivity index is 2.73. The van der Waals surface area contributed by atoms with Crippen LogP contribution in [0.2, 0.25) is 0 Å². The molecule has 0 radical (unpaired) electrons. The highest BCUT2D eigenvalue weighted by Gasteiger charge is 2.34. The van der Waals surface area contributed by atoms with Crippen molar-refractivity contribution in [3.8, 4) is 0 Å². The van der Waals surface area contributed by atoms with Crippen molar-refractivity contribution >= 4 is 41.4 Å². The van der Waals surface area contributed by atoms with Crippen LogP contribution in [0.4, 0.5) is 0 Å². The second-order valence-electron chi connectivity index (χ2n) is 26.6. The summed E-state index contributed by atoms with van der Waals surface area (Å²) >= 11 is 0. The van der Waals surface area contributed by atoms with Gasteiger partial charge in [0.25, 0.3) is 11.8 Å². The van der Waals surface area contributed by atoms with Gasteiger partial charge in [0.2, 0.25) is 29.5 Å². The van der Waals surface area contributed by atoms with Gasteiger partial charge in [-0.15, -0.1) is 0 Å². The molecular formula is C82H154N6O38. The molecule has 1 aliphatic heterocycles. The number of carbonyl (C=O) groups excluding carboxylic acids is 7. The molecule has 1 aliphatic rings. The SMILES string of the molecule is COCCOCCOCCOCCOCCOCCOCCOCCNC(=O)CCOCC(COCCC(=O)NCCOCCOCCOCCOCCOCCOCCOCCOC)(COCCC(=O)NCCOCCOCCOCCOCCOCCOCCOCCOC)NC(=O)CCOCCOCCOCCOCCNC(=O)CCN1C(=O)C=CC1=O. The van der Waals surface area contributed by atoms with Crippen LogP contribution in [-0.4, -0.2) is 496 Å². The number of nitrogens with zero attached hydrogens (tertiary/aromatic N) is 1. The molecule has 7 amide bonds. The molecule has 1 rings (SSSR count). The number of amides is 7. The molecule has 0 atom stereocenters. The van der Waals surface area contributed by atoms with Crippen LogP contribution in [0.3, 0.4) is 0 Å². The van der Waals surface area contributed by atoms with Crippen LogP contribution in [0.25, 0.3) is 0 Å². The molecule has 0 bridgehead atoms. The van der Waals surface area contributed by atoms with Crippen LogP contribution in [0.1, 0.15) is 32.1 Å². The lowest BCUT2D eigenvalue weighted by atomic mass is 10.0. The molecule has 44 nitrogen and oxygen atoms in total. The molecule has 0 saturated heterocycles. The predicted molar refractivity (Wildman–Crippen MR) is 450 cm³/mol. The van der Waals surface area contributed by atoms with Crippen molar-refractivity contribution in [2.24, 2.45) is 0 Å². The van der Waals surface area contributed by atoms with Gasteiger partial charge in [-0.05, 0) is 0 Å². The Labute approximate surface area is 744 Å². The zero-order chi connectivity index (χ0) is 90.8. The van der Waals surface area contributed by atoms with Gasteiger partial charge in [0.15, 0.2) is 0 Å². The molecular weight excluding hydrogens is 1680 g/mol. The Morgan fingerprint density at radius 2 is 0.373 bits per heavy atom. The van der Waals surface area contributed by atoms with Crippen LogP contribution in [0, 0.1) is 0 Å². The largest absolute Gasteiger partial charge is 0.382 e. The van der Waals surface area contributed by atoms with Gasteiger partial charge in [-0.1, -0.05) is 0 Å². The molecule has 0 unspecified atom stereocenters. The number of ether oxygens (including phenoxy) is 31. The Morgan fingerprint density at radius 1 is 0.214 bits per heavy atom. The van der Waals surface area contributed by atoms with Crippen molar-refractivity contribution in [1.82, 2.24) is 31.5 Å². The Kier molecular flexibility index (Phi) is 92.1. The second kappa shape index (κ2) is 97.5. The Hall–Kier alpha value is -5.01. The fourth-order valence-electron chi connectivity index (χ4n) is 9.78. The quantitative estimate of drug-likeness (QED) is 0.0313. The van der Waals surface area contributed by atoms with E-state index in [4.69, 9.17) is 147 Å². The lowest BCUT2D eigenvalue weighted by molar-refractivity contribution is -0.137. The third kappa shape index (κ3) is 87.0. The molecule has 0 spiro atoms. The van der Waals surface area contributed by atoms with Gasteiger partial charge in [-0.3, -0.25) is 38.5 Å². The lowest BCUT2D eigenvalue weighted by Gasteiger charge is -2.34. The molecule has 1 heterocycles. The third-order valence-corrected chi connectivity index (χ3v) is 16.3. The summed E-state index contributed by atoms with van der Waals surface area (Å²) in [7, 11) is 4.87. The van der Waals surface area contributed by atoms with Crippen LogP contribution >= 0.6 is 0 Å². The maximum absolute atomic E-state index is 13.9. The molecule has 0 saturated carbocycles. The van der Waals surface area contributed by atoms with Crippen molar-refractivity contribution in [2.75, 3.05) is 444 Å². The fourth-order valence-corrected chi connectivity index (χ4v) is 9.78. The van der Waals surface area contributed by atoms with E-state index in [2.05, 4.69) is 26.6 Å². The van der Waals surface area contributed by atoms with E-state index in [9.17, 15) is 33.6 Å². The topological polar surface area (TPSA) is 469 Å². The summed E-state index contributed by atoms with van der Waals surface area (Å²) in [6, 6.07) is 0. The number of hydrogen-bond donors (Lipinski definition) is 5. The first-order valence-electron chi connectivity index (χ1n) is 43.6. The summed E-state index contributed by atoms with van der Waals surface area (Å²) < 4.78 is 171. The monoisotopic (exact) mass is 1830 g/mol. The average Bonchev–Trinajstić information content (AvgIpc) is 0.896. The minimum atomic E-state index is -1.40. The molecule has 0 aromatic carbocycles. The van der Waals surface area contributed by atoms with Gasteiger partial charge < -0.3 is 173 Å². The van der Waals surface area contributed by atoms with Crippen molar-refractivity contribution in [3.63, 3.8) is 0 Å². The first kappa shape index (κ1) is 119. The van der Waals surface area contributed by atoms with Gasteiger partial charge in [0, 0.05) is 98.3 Å². The van der Waals surface area contributed by atoms with E-state index < -0.39 is 23.3 Å². The number of rotatable bonds is 106.